The molecule has 0 saturated carbocycles. The fourth-order valence-electron chi connectivity index (χ4n) is 3.18. The second kappa shape index (κ2) is 6.72. The quantitative estimate of drug-likeness (QED) is 0.627. The van der Waals surface area contributed by atoms with E-state index in [1.165, 1.54) is 24.1 Å². The molecule has 0 unspecified atom stereocenters. The second-order valence-electron chi connectivity index (χ2n) is 6.15. The first-order chi connectivity index (χ1) is 13.5. The van der Waals surface area contributed by atoms with Gasteiger partial charge in [0.15, 0.2) is 11.5 Å². The molecule has 0 amide bonds. The lowest BCUT2D eigenvalue weighted by Gasteiger charge is -2.21. The molecule has 0 aromatic heterocycles. The average molecular weight is 385 g/mol. The number of methoxy groups -OCH3 is 1. The van der Waals surface area contributed by atoms with Crippen LogP contribution in [0.5, 0.6) is 11.5 Å². The number of esters is 1. The lowest BCUT2D eigenvalue weighted by molar-refractivity contribution is -0.137. The van der Waals surface area contributed by atoms with Gasteiger partial charge in [-0.2, -0.15) is 5.10 Å². The molecule has 10 heteroatoms. The zero-order valence-corrected chi connectivity index (χ0v) is 14.7. The Morgan fingerprint density at radius 1 is 1.32 bits per heavy atom. The van der Waals surface area contributed by atoms with Crippen molar-refractivity contribution in [3.63, 3.8) is 0 Å². The van der Waals surface area contributed by atoms with E-state index in [9.17, 15) is 19.5 Å². The molecule has 1 atom stereocenters. The minimum atomic E-state index is -1.05. The molecule has 144 valence electrons. The van der Waals surface area contributed by atoms with Gasteiger partial charge in [-0.25, -0.2) is 9.89 Å². The smallest absolute Gasteiger partial charge is 0.341 e. The first kappa shape index (κ1) is 17.6. The summed E-state index contributed by atoms with van der Waals surface area (Å²) in [4.78, 5) is 35.8. The van der Waals surface area contributed by atoms with Crippen molar-refractivity contribution in [2.45, 2.75) is 12.5 Å². The highest BCUT2D eigenvalue weighted by Crippen LogP contribution is 2.36. The monoisotopic (exact) mass is 385 g/mol. The summed E-state index contributed by atoms with van der Waals surface area (Å²) in [6, 6.07) is 4.36. The van der Waals surface area contributed by atoms with Gasteiger partial charge in [0, 0.05) is 12.4 Å². The Kier molecular flexibility index (Phi) is 4.22. The SMILES string of the molecule is COC(=O)c1cn([C@H](CC(=O)O)c2ccc3c(c2)OCO3)cc2c(=O)[nH]nc1-2. The van der Waals surface area contributed by atoms with Crippen molar-refractivity contribution < 1.29 is 28.9 Å². The van der Waals surface area contributed by atoms with E-state index in [-0.39, 0.29) is 30.0 Å². The second-order valence-corrected chi connectivity index (χ2v) is 6.15. The van der Waals surface area contributed by atoms with Gasteiger partial charge in [0.1, 0.15) is 11.3 Å². The summed E-state index contributed by atoms with van der Waals surface area (Å²) in [6.45, 7) is 0.0858. The maximum absolute atomic E-state index is 12.2. The number of hydrogen-bond acceptors (Lipinski definition) is 7. The van der Waals surface area contributed by atoms with Gasteiger partial charge in [0.2, 0.25) is 6.79 Å². The van der Waals surface area contributed by atoms with Crippen LogP contribution < -0.4 is 15.0 Å². The summed E-state index contributed by atoms with van der Waals surface area (Å²) in [6.07, 6.45) is 2.60. The van der Waals surface area contributed by atoms with E-state index < -0.39 is 23.5 Å². The van der Waals surface area contributed by atoms with E-state index in [1.54, 1.807) is 18.2 Å². The molecule has 3 heterocycles. The maximum Gasteiger partial charge on any atom is 0.341 e. The number of aromatic amines is 1. The summed E-state index contributed by atoms with van der Waals surface area (Å²) in [5.74, 6) is -0.684. The Morgan fingerprint density at radius 3 is 2.86 bits per heavy atom. The highest BCUT2D eigenvalue weighted by Gasteiger charge is 2.26. The molecule has 1 aromatic carbocycles. The van der Waals surface area contributed by atoms with Gasteiger partial charge >= 0.3 is 11.9 Å². The van der Waals surface area contributed by atoms with E-state index in [0.717, 1.165) is 0 Å². The van der Waals surface area contributed by atoms with Crippen molar-refractivity contribution in [3.05, 3.63) is 52.1 Å². The van der Waals surface area contributed by atoms with Crippen molar-refractivity contribution >= 4 is 11.9 Å². The van der Waals surface area contributed by atoms with Gasteiger partial charge in [-0.15, -0.1) is 0 Å². The van der Waals surface area contributed by atoms with Gasteiger partial charge in [0.25, 0.3) is 5.56 Å². The Hall–Kier alpha value is -3.82. The van der Waals surface area contributed by atoms with Crippen LogP contribution in [0.25, 0.3) is 11.3 Å². The minimum Gasteiger partial charge on any atom is -0.481 e. The number of rotatable bonds is 5. The van der Waals surface area contributed by atoms with Gasteiger partial charge < -0.3 is 23.9 Å². The molecule has 0 fully saturated rings. The molecule has 4 rings (SSSR count). The number of aromatic nitrogens is 3. The van der Waals surface area contributed by atoms with Gasteiger partial charge in [-0.3, -0.25) is 9.59 Å². The molecular formula is C18H15N3O7. The zero-order chi connectivity index (χ0) is 19.8. The summed E-state index contributed by atoms with van der Waals surface area (Å²) in [5.41, 5.74) is 0.485. The largest absolute Gasteiger partial charge is 0.481 e. The van der Waals surface area contributed by atoms with Crippen molar-refractivity contribution in [1.29, 1.82) is 0 Å². The molecule has 2 N–H and O–H groups in total. The Bertz CT molecular complexity index is 1100. The van der Waals surface area contributed by atoms with Gasteiger partial charge in [0.05, 0.1) is 25.1 Å². The van der Waals surface area contributed by atoms with Crippen molar-refractivity contribution in [3.8, 4) is 22.8 Å². The molecule has 0 aliphatic carbocycles. The Morgan fingerprint density at radius 2 is 2.11 bits per heavy atom. The predicted molar refractivity (Wildman–Crippen MR) is 93.8 cm³/mol. The number of fused-ring (bicyclic) bond motifs is 2. The number of carboxylic acids is 1. The highest BCUT2D eigenvalue weighted by molar-refractivity contribution is 5.96. The number of carbonyl (C=O) groups is 2. The van der Waals surface area contributed by atoms with Crippen LogP contribution in [0.2, 0.25) is 0 Å². The molecule has 0 spiro atoms. The number of ether oxygens (including phenoxy) is 3. The van der Waals surface area contributed by atoms with E-state index >= 15 is 0 Å². The molecule has 0 bridgehead atoms. The van der Waals surface area contributed by atoms with Crippen molar-refractivity contribution in [1.82, 2.24) is 14.8 Å². The summed E-state index contributed by atoms with van der Waals surface area (Å²) in [5, 5.41) is 15.6. The molecular weight excluding hydrogens is 370 g/mol. The molecule has 3 aliphatic rings. The number of carboxylic acid groups (broad SMARTS) is 1. The number of benzene rings is 1. The predicted octanol–water partition coefficient (Wildman–Crippen LogP) is 1.26. The topological polar surface area (TPSA) is 133 Å². The molecule has 1 aromatic rings. The third kappa shape index (κ3) is 2.94. The van der Waals surface area contributed by atoms with Crippen LogP contribution in [-0.2, 0) is 9.53 Å². The van der Waals surface area contributed by atoms with Crippen molar-refractivity contribution in [2.24, 2.45) is 0 Å². The van der Waals surface area contributed by atoms with E-state index in [2.05, 4.69) is 10.2 Å². The molecule has 3 aliphatic heterocycles. The molecule has 0 radical (unpaired) electrons. The third-order valence-electron chi connectivity index (χ3n) is 4.50. The average Bonchev–Trinajstić information content (AvgIpc) is 3.31. The number of hydrogen-bond donors (Lipinski definition) is 2. The van der Waals surface area contributed by atoms with Gasteiger partial charge in [-0.05, 0) is 17.7 Å². The number of aliphatic carboxylic acids is 1. The van der Waals surface area contributed by atoms with Crippen LogP contribution >= 0.6 is 0 Å². The first-order valence-electron chi connectivity index (χ1n) is 8.27. The number of H-pyrrole nitrogens is 1. The lowest BCUT2D eigenvalue weighted by Crippen LogP contribution is -2.19. The Balaban J connectivity index is 1.89. The third-order valence-corrected chi connectivity index (χ3v) is 4.50. The fourth-order valence-corrected chi connectivity index (χ4v) is 3.18. The number of nitrogens with zero attached hydrogens (tertiary/aromatic N) is 2. The van der Waals surface area contributed by atoms with Crippen LogP contribution in [0.4, 0.5) is 0 Å². The first-order valence-corrected chi connectivity index (χ1v) is 8.27. The number of pyridine rings is 1. The minimum absolute atomic E-state index is 0.0504. The van der Waals surface area contributed by atoms with Crippen LogP contribution in [0.1, 0.15) is 28.4 Å². The van der Waals surface area contributed by atoms with Crippen LogP contribution in [0.15, 0.2) is 35.4 Å². The highest BCUT2D eigenvalue weighted by atomic mass is 16.7. The van der Waals surface area contributed by atoms with E-state index in [0.29, 0.717) is 17.1 Å². The fraction of sp³-hybridized carbons (Fsp3) is 0.222. The number of carbonyl (C=O) groups excluding carboxylic acids is 1. The van der Waals surface area contributed by atoms with E-state index in [1.807, 2.05) is 0 Å². The lowest BCUT2D eigenvalue weighted by atomic mass is 10.0. The standard InChI is InChI=1S/C18H15N3O7/c1-26-18(25)11-7-21(6-10-16(11)19-20-17(10)24)12(5-15(22)23)9-2-3-13-14(4-9)28-8-27-13/h2-4,6-7,12H,5,8H2,1H3,(H,20,24)(H,22,23)/t12-/m1/s1. The molecule has 28 heavy (non-hydrogen) atoms. The number of nitrogens with one attached hydrogen (secondary N) is 1. The van der Waals surface area contributed by atoms with Crippen LogP contribution in [-0.4, -0.2) is 45.7 Å². The van der Waals surface area contributed by atoms with Crippen LogP contribution in [0.3, 0.4) is 0 Å². The summed E-state index contributed by atoms with van der Waals surface area (Å²) in [7, 11) is 1.21. The van der Waals surface area contributed by atoms with Gasteiger partial charge in [-0.1, -0.05) is 6.07 Å². The normalized spacial score (nSPS) is 13.5. The van der Waals surface area contributed by atoms with Crippen LogP contribution in [0, 0.1) is 0 Å². The molecule has 0 saturated heterocycles. The maximum atomic E-state index is 12.2. The zero-order valence-electron chi connectivity index (χ0n) is 14.7. The van der Waals surface area contributed by atoms with E-state index in [4.69, 9.17) is 14.2 Å². The van der Waals surface area contributed by atoms with Crippen molar-refractivity contribution in [2.75, 3.05) is 13.9 Å². The molecule has 10 nitrogen and oxygen atoms in total. The summed E-state index contributed by atoms with van der Waals surface area (Å²) >= 11 is 0. The summed E-state index contributed by atoms with van der Waals surface area (Å²) < 4.78 is 16.9. The Labute approximate surface area is 157 Å².